The number of aromatic nitrogens is 1. The van der Waals surface area contributed by atoms with Gasteiger partial charge in [-0.2, -0.15) is 5.26 Å². The van der Waals surface area contributed by atoms with Crippen LogP contribution in [0.5, 0.6) is 0 Å². The van der Waals surface area contributed by atoms with E-state index in [4.69, 9.17) is 28.5 Å². The average molecular weight is 281 g/mol. The molecule has 0 atom stereocenters. The summed E-state index contributed by atoms with van der Waals surface area (Å²) < 4.78 is 0. The molecule has 0 spiro atoms. The summed E-state index contributed by atoms with van der Waals surface area (Å²) in [4.78, 5) is 5.10. The minimum atomic E-state index is 0.398. The standard InChI is InChI=1S/C12H6Cl2N2S/c13-10-5-4-9(6-11(10)14)17-12-3-1-2-8(7-15)16-12/h1-6H. The number of pyridine rings is 1. The maximum atomic E-state index is 8.75. The molecule has 2 rings (SSSR count). The molecule has 0 aliphatic rings. The molecule has 0 aliphatic carbocycles. The fourth-order valence-electron chi connectivity index (χ4n) is 1.20. The Labute approximate surface area is 113 Å². The van der Waals surface area contributed by atoms with Gasteiger partial charge in [-0.15, -0.1) is 0 Å². The smallest absolute Gasteiger partial charge is 0.141 e. The monoisotopic (exact) mass is 280 g/mol. The first-order chi connectivity index (χ1) is 8.19. The van der Waals surface area contributed by atoms with Crippen LogP contribution < -0.4 is 0 Å². The summed E-state index contributed by atoms with van der Waals surface area (Å²) in [5.41, 5.74) is 0.398. The van der Waals surface area contributed by atoms with E-state index < -0.39 is 0 Å². The van der Waals surface area contributed by atoms with Crippen molar-refractivity contribution in [2.45, 2.75) is 9.92 Å². The molecule has 1 heterocycles. The van der Waals surface area contributed by atoms with Gasteiger partial charge in [0.25, 0.3) is 0 Å². The lowest BCUT2D eigenvalue weighted by Crippen LogP contribution is -1.84. The molecule has 0 saturated carbocycles. The van der Waals surface area contributed by atoms with Crippen LogP contribution in [0.25, 0.3) is 0 Å². The SMILES string of the molecule is N#Cc1cccc(Sc2ccc(Cl)c(Cl)c2)n1. The zero-order valence-corrected chi connectivity index (χ0v) is 10.9. The molecule has 17 heavy (non-hydrogen) atoms. The minimum absolute atomic E-state index is 0.398. The minimum Gasteiger partial charge on any atom is -0.230 e. The van der Waals surface area contributed by atoms with E-state index in [1.54, 1.807) is 24.3 Å². The molecule has 2 nitrogen and oxygen atoms in total. The van der Waals surface area contributed by atoms with Crippen LogP contribution in [-0.4, -0.2) is 4.98 Å². The Kier molecular flexibility index (Phi) is 3.90. The van der Waals surface area contributed by atoms with Gasteiger partial charge in [-0.05, 0) is 30.3 Å². The van der Waals surface area contributed by atoms with Crippen molar-refractivity contribution in [2.75, 3.05) is 0 Å². The number of rotatable bonds is 2. The molecule has 5 heteroatoms. The third-order valence-electron chi connectivity index (χ3n) is 1.95. The summed E-state index contributed by atoms with van der Waals surface area (Å²) >= 11 is 13.2. The predicted octanol–water partition coefficient (Wildman–Crippen LogP) is 4.41. The fraction of sp³-hybridized carbons (Fsp3) is 0. The van der Waals surface area contributed by atoms with Crippen molar-refractivity contribution in [3.05, 3.63) is 52.1 Å². The van der Waals surface area contributed by atoms with Gasteiger partial charge in [-0.3, -0.25) is 0 Å². The van der Waals surface area contributed by atoms with Gasteiger partial charge < -0.3 is 0 Å². The Morgan fingerprint density at radius 2 is 1.94 bits per heavy atom. The van der Waals surface area contributed by atoms with Crippen molar-refractivity contribution in [1.82, 2.24) is 4.98 Å². The molecule has 1 aromatic carbocycles. The molecule has 0 amide bonds. The topological polar surface area (TPSA) is 36.7 Å². The summed E-state index contributed by atoms with van der Waals surface area (Å²) in [6.07, 6.45) is 0. The molecule has 84 valence electrons. The molecule has 0 radical (unpaired) electrons. The second-order valence-corrected chi connectivity index (χ2v) is 5.06. The highest BCUT2D eigenvalue weighted by Crippen LogP contribution is 2.31. The molecular formula is C12H6Cl2N2S. The fourth-order valence-corrected chi connectivity index (χ4v) is 2.40. The van der Waals surface area contributed by atoms with Crippen LogP contribution in [-0.2, 0) is 0 Å². The largest absolute Gasteiger partial charge is 0.230 e. The Balaban J connectivity index is 2.25. The van der Waals surface area contributed by atoms with Crippen molar-refractivity contribution >= 4 is 35.0 Å². The first kappa shape index (κ1) is 12.3. The Bertz CT molecular complexity index is 593. The Hall–Kier alpha value is -1.21. The summed E-state index contributed by atoms with van der Waals surface area (Å²) in [5.74, 6) is 0. The quantitative estimate of drug-likeness (QED) is 0.818. The lowest BCUT2D eigenvalue weighted by Gasteiger charge is -2.02. The van der Waals surface area contributed by atoms with Crippen molar-refractivity contribution in [3.63, 3.8) is 0 Å². The summed E-state index contributed by atoms with van der Waals surface area (Å²) in [6, 6.07) is 12.7. The van der Waals surface area contributed by atoms with E-state index in [-0.39, 0.29) is 0 Å². The maximum Gasteiger partial charge on any atom is 0.141 e. The van der Waals surface area contributed by atoms with Gasteiger partial charge >= 0.3 is 0 Å². The molecule has 0 N–H and O–H groups in total. The molecule has 0 aliphatic heterocycles. The van der Waals surface area contributed by atoms with Gasteiger partial charge in [0.1, 0.15) is 16.8 Å². The van der Waals surface area contributed by atoms with Crippen molar-refractivity contribution in [2.24, 2.45) is 0 Å². The van der Waals surface area contributed by atoms with Crippen LogP contribution in [0.4, 0.5) is 0 Å². The third-order valence-corrected chi connectivity index (χ3v) is 3.62. The normalized spacial score (nSPS) is 9.94. The zero-order valence-electron chi connectivity index (χ0n) is 8.52. The highest BCUT2D eigenvalue weighted by Gasteiger charge is 2.03. The Morgan fingerprint density at radius 1 is 1.12 bits per heavy atom. The molecule has 0 fully saturated rings. The van der Waals surface area contributed by atoms with Gasteiger partial charge in [0.05, 0.1) is 10.0 Å². The maximum absolute atomic E-state index is 8.75. The van der Waals surface area contributed by atoms with Crippen molar-refractivity contribution in [3.8, 4) is 6.07 Å². The molecule has 1 aromatic heterocycles. The number of hydrogen-bond acceptors (Lipinski definition) is 3. The molecule has 2 aromatic rings. The first-order valence-corrected chi connectivity index (χ1v) is 6.26. The lowest BCUT2D eigenvalue weighted by atomic mass is 10.4. The van der Waals surface area contributed by atoms with E-state index in [1.807, 2.05) is 18.2 Å². The van der Waals surface area contributed by atoms with Crippen LogP contribution in [0, 0.1) is 11.3 Å². The molecule has 0 unspecified atom stereocenters. The molecule has 0 saturated heterocycles. The number of nitriles is 1. The Morgan fingerprint density at radius 3 is 2.65 bits per heavy atom. The summed E-state index contributed by atoms with van der Waals surface area (Å²) in [6.45, 7) is 0. The van der Waals surface area contributed by atoms with E-state index in [2.05, 4.69) is 4.98 Å². The van der Waals surface area contributed by atoms with E-state index >= 15 is 0 Å². The number of hydrogen-bond donors (Lipinski definition) is 0. The van der Waals surface area contributed by atoms with E-state index in [0.29, 0.717) is 15.7 Å². The summed E-state index contributed by atoms with van der Waals surface area (Å²) in [7, 11) is 0. The lowest BCUT2D eigenvalue weighted by molar-refractivity contribution is 1.10. The van der Waals surface area contributed by atoms with Gasteiger partial charge in [0.2, 0.25) is 0 Å². The van der Waals surface area contributed by atoms with E-state index in [0.717, 1.165) is 9.92 Å². The third kappa shape index (κ3) is 3.13. The van der Waals surface area contributed by atoms with Crippen LogP contribution in [0.2, 0.25) is 10.0 Å². The van der Waals surface area contributed by atoms with Crippen LogP contribution >= 0.6 is 35.0 Å². The highest BCUT2D eigenvalue weighted by molar-refractivity contribution is 7.99. The van der Waals surface area contributed by atoms with Crippen LogP contribution in [0.15, 0.2) is 46.3 Å². The van der Waals surface area contributed by atoms with Crippen molar-refractivity contribution < 1.29 is 0 Å². The molecular weight excluding hydrogens is 275 g/mol. The molecule has 0 bridgehead atoms. The van der Waals surface area contributed by atoms with Crippen LogP contribution in [0.1, 0.15) is 5.69 Å². The predicted molar refractivity (Wildman–Crippen MR) is 69.5 cm³/mol. The van der Waals surface area contributed by atoms with Crippen molar-refractivity contribution in [1.29, 1.82) is 5.26 Å². The van der Waals surface area contributed by atoms with Gasteiger partial charge in [0.15, 0.2) is 0 Å². The second-order valence-electron chi connectivity index (χ2n) is 3.15. The first-order valence-electron chi connectivity index (χ1n) is 4.69. The van der Waals surface area contributed by atoms with Gasteiger partial charge in [0, 0.05) is 4.90 Å². The zero-order chi connectivity index (χ0) is 12.3. The van der Waals surface area contributed by atoms with E-state index in [1.165, 1.54) is 11.8 Å². The van der Waals surface area contributed by atoms with E-state index in [9.17, 15) is 0 Å². The number of benzene rings is 1. The highest BCUT2D eigenvalue weighted by atomic mass is 35.5. The van der Waals surface area contributed by atoms with Gasteiger partial charge in [-0.1, -0.05) is 41.0 Å². The summed E-state index contributed by atoms with van der Waals surface area (Å²) in [5, 5.41) is 10.5. The number of halogens is 2. The number of nitrogens with zero attached hydrogens (tertiary/aromatic N) is 2. The van der Waals surface area contributed by atoms with Crippen LogP contribution in [0.3, 0.4) is 0 Å². The second kappa shape index (κ2) is 5.42. The van der Waals surface area contributed by atoms with Gasteiger partial charge in [-0.25, -0.2) is 4.98 Å². The average Bonchev–Trinajstić information content (AvgIpc) is 2.34.